The highest BCUT2D eigenvalue weighted by Crippen LogP contribution is 2.37. The zero-order valence-corrected chi connectivity index (χ0v) is 7.05. The van der Waals surface area contributed by atoms with Gasteiger partial charge in [0.2, 0.25) is 0 Å². The van der Waals surface area contributed by atoms with E-state index in [0.29, 0.717) is 0 Å². The van der Waals surface area contributed by atoms with Crippen molar-refractivity contribution in [2.75, 3.05) is 5.75 Å². The SMILES string of the molecule is Cc1oc(C)c2c1CCS2. The molecule has 0 spiro atoms. The van der Waals surface area contributed by atoms with Crippen molar-refractivity contribution in [2.45, 2.75) is 25.2 Å². The van der Waals surface area contributed by atoms with E-state index in [1.807, 2.05) is 18.7 Å². The molecule has 10 heavy (non-hydrogen) atoms. The Bertz CT molecular complexity index is 238. The Morgan fingerprint density at radius 3 is 2.80 bits per heavy atom. The molecule has 54 valence electrons. The van der Waals surface area contributed by atoms with Crippen LogP contribution in [0.4, 0.5) is 0 Å². The van der Waals surface area contributed by atoms with Crippen LogP contribution in [0.15, 0.2) is 9.31 Å². The molecule has 0 bridgehead atoms. The number of aryl methyl sites for hydroxylation is 2. The maximum absolute atomic E-state index is 5.47. The van der Waals surface area contributed by atoms with Gasteiger partial charge < -0.3 is 4.42 Å². The van der Waals surface area contributed by atoms with Gasteiger partial charge in [0.1, 0.15) is 11.5 Å². The van der Waals surface area contributed by atoms with Crippen LogP contribution >= 0.6 is 11.8 Å². The van der Waals surface area contributed by atoms with E-state index in [0.717, 1.165) is 11.5 Å². The average Bonchev–Trinajstić information content (AvgIpc) is 2.39. The number of rotatable bonds is 0. The highest BCUT2D eigenvalue weighted by atomic mass is 32.2. The largest absolute Gasteiger partial charge is 0.465 e. The maximum Gasteiger partial charge on any atom is 0.114 e. The molecular formula is C8H10OS. The summed E-state index contributed by atoms with van der Waals surface area (Å²) in [6, 6.07) is 0. The van der Waals surface area contributed by atoms with Crippen molar-refractivity contribution >= 4 is 11.8 Å². The van der Waals surface area contributed by atoms with Gasteiger partial charge in [-0.1, -0.05) is 0 Å². The lowest BCUT2D eigenvalue weighted by atomic mass is 10.2. The molecule has 2 heteroatoms. The first-order valence-electron chi connectivity index (χ1n) is 3.50. The monoisotopic (exact) mass is 154 g/mol. The van der Waals surface area contributed by atoms with E-state index in [9.17, 15) is 0 Å². The topological polar surface area (TPSA) is 13.1 Å². The summed E-state index contributed by atoms with van der Waals surface area (Å²) in [6.45, 7) is 4.10. The summed E-state index contributed by atoms with van der Waals surface area (Å²) in [5.74, 6) is 3.47. The molecule has 0 aromatic carbocycles. The third kappa shape index (κ3) is 0.717. The molecule has 0 fully saturated rings. The summed E-state index contributed by atoms with van der Waals surface area (Å²) < 4.78 is 5.47. The van der Waals surface area contributed by atoms with Crippen molar-refractivity contribution in [3.8, 4) is 0 Å². The maximum atomic E-state index is 5.47. The number of furan rings is 1. The standard InChI is InChI=1S/C8H10OS/c1-5-7-3-4-10-8(7)6(2)9-5/h3-4H2,1-2H3. The Morgan fingerprint density at radius 1 is 1.30 bits per heavy atom. The molecule has 0 saturated carbocycles. The van der Waals surface area contributed by atoms with Crippen LogP contribution in [0.5, 0.6) is 0 Å². The van der Waals surface area contributed by atoms with Gasteiger partial charge in [0, 0.05) is 11.3 Å². The first-order valence-corrected chi connectivity index (χ1v) is 4.49. The lowest BCUT2D eigenvalue weighted by Crippen LogP contribution is -1.78. The lowest BCUT2D eigenvalue weighted by Gasteiger charge is -1.87. The summed E-state index contributed by atoms with van der Waals surface area (Å²) >= 11 is 1.92. The summed E-state index contributed by atoms with van der Waals surface area (Å²) in [7, 11) is 0. The van der Waals surface area contributed by atoms with Gasteiger partial charge in [-0.3, -0.25) is 0 Å². The average molecular weight is 154 g/mol. The van der Waals surface area contributed by atoms with Crippen LogP contribution in [0.25, 0.3) is 0 Å². The minimum absolute atomic E-state index is 1.11. The van der Waals surface area contributed by atoms with Gasteiger partial charge in [0.05, 0.1) is 4.90 Å². The van der Waals surface area contributed by atoms with E-state index in [-0.39, 0.29) is 0 Å². The fraction of sp³-hybridized carbons (Fsp3) is 0.500. The van der Waals surface area contributed by atoms with E-state index >= 15 is 0 Å². The van der Waals surface area contributed by atoms with Crippen LogP contribution in [-0.2, 0) is 6.42 Å². The van der Waals surface area contributed by atoms with Crippen molar-refractivity contribution in [1.82, 2.24) is 0 Å². The number of fused-ring (bicyclic) bond motifs is 1. The van der Waals surface area contributed by atoms with Crippen molar-refractivity contribution in [3.63, 3.8) is 0 Å². The van der Waals surface area contributed by atoms with E-state index in [4.69, 9.17) is 4.42 Å². The minimum Gasteiger partial charge on any atom is -0.465 e. The van der Waals surface area contributed by atoms with Crippen LogP contribution in [0.2, 0.25) is 0 Å². The fourth-order valence-electron chi connectivity index (χ4n) is 1.44. The van der Waals surface area contributed by atoms with E-state index in [1.54, 1.807) is 0 Å². The Labute approximate surface area is 64.8 Å². The molecule has 1 aromatic rings. The van der Waals surface area contributed by atoms with E-state index in [1.165, 1.54) is 22.6 Å². The van der Waals surface area contributed by atoms with Crippen molar-refractivity contribution in [2.24, 2.45) is 0 Å². The second-order valence-corrected chi connectivity index (χ2v) is 3.73. The Morgan fingerprint density at radius 2 is 2.10 bits per heavy atom. The highest BCUT2D eigenvalue weighted by Gasteiger charge is 2.19. The molecule has 1 aromatic heterocycles. The predicted molar refractivity (Wildman–Crippen MR) is 42.6 cm³/mol. The van der Waals surface area contributed by atoms with Gasteiger partial charge in [-0.25, -0.2) is 0 Å². The number of hydrogen-bond donors (Lipinski definition) is 0. The first-order chi connectivity index (χ1) is 4.79. The molecular weight excluding hydrogens is 144 g/mol. The second-order valence-electron chi connectivity index (χ2n) is 2.62. The van der Waals surface area contributed by atoms with E-state index < -0.39 is 0 Å². The molecule has 0 unspecified atom stereocenters. The lowest BCUT2D eigenvalue weighted by molar-refractivity contribution is 0.496. The van der Waals surface area contributed by atoms with Crippen LogP contribution in [-0.4, -0.2) is 5.75 Å². The first kappa shape index (κ1) is 6.35. The molecule has 0 atom stereocenters. The fourth-order valence-corrected chi connectivity index (χ4v) is 2.62. The van der Waals surface area contributed by atoms with Crippen molar-refractivity contribution in [1.29, 1.82) is 0 Å². The van der Waals surface area contributed by atoms with Crippen LogP contribution in [0, 0.1) is 13.8 Å². The quantitative estimate of drug-likeness (QED) is 0.569. The Balaban J connectivity index is 2.61. The molecule has 1 aliphatic heterocycles. The molecule has 0 radical (unpaired) electrons. The van der Waals surface area contributed by atoms with Gasteiger partial charge in [-0.2, -0.15) is 0 Å². The van der Waals surface area contributed by atoms with E-state index in [2.05, 4.69) is 6.92 Å². The molecule has 1 nitrogen and oxygen atoms in total. The Hall–Kier alpha value is -0.370. The van der Waals surface area contributed by atoms with Gasteiger partial charge in [0.15, 0.2) is 0 Å². The van der Waals surface area contributed by atoms with Crippen LogP contribution in [0.1, 0.15) is 17.1 Å². The third-order valence-corrected chi connectivity index (χ3v) is 3.15. The summed E-state index contributed by atoms with van der Waals surface area (Å²) in [4.78, 5) is 1.40. The molecule has 2 rings (SSSR count). The smallest absolute Gasteiger partial charge is 0.114 e. The highest BCUT2D eigenvalue weighted by molar-refractivity contribution is 7.99. The van der Waals surface area contributed by atoms with Gasteiger partial charge >= 0.3 is 0 Å². The molecule has 1 aliphatic rings. The van der Waals surface area contributed by atoms with Crippen molar-refractivity contribution in [3.05, 3.63) is 17.1 Å². The predicted octanol–water partition coefficient (Wildman–Crippen LogP) is 2.54. The second kappa shape index (κ2) is 2.06. The minimum atomic E-state index is 1.11. The number of thioether (sulfide) groups is 1. The normalized spacial score (nSPS) is 15.8. The van der Waals surface area contributed by atoms with Crippen molar-refractivity contribution < 1.29 is 4.42 Å². The zero-order chi connectivity index (χ0) is 7.14. The number of hydrogen-bond acceptors (Lipinski definition) is 2. The summed E-state index contributed by atoms with van der Waals surface area (Å²) in [6.07, 6.45) is 1.20. The Kier molecular flexibility index (Phi) is 1.31. The molecule has 0 N–H and O–H groups in total. The molecule has 0 saturated heterocycles. The van der Waals surface area contributed by atoms with Crippen LogP contribution < -0.4 is 0 Å². The summed E-state index contributed by atoms with van der Waals surface area (Å²) in [5.41, 5.74) is 1.45. The third-order valence-electron chi connectivity index (χ3n) is 1.92. The van der Waals surface area contributed by atoms with Gasteiger partial charge in [-0.05, 0) is 20.3 Å². The van der Waals surface area contributed by atoms with Gasteiger partial charge in [-0.15, -0.1) is 11.8 Å². The van der Waals surface area contributed by atoms with Gasteiger partial charge in [0.25, 0.3) is 0 Å². The van der Waals surface area contributed by atoms with Crippen LogP contribution in [0.3, 0.4) is 0 Å². The molecule has 0 aliphatic carbocycles. The molecule has 2 heterocycles. The summed E-state index contributed by atoms with van der Waals surface area (Å²) in [5, 5.41) is 0. The zero-order valence-electron chi connectivity index (χ0n) is 6.23. The molecule has 0 amide bonds.